The number of benzene rings is 2. The summed E-state index contributed by atoms with van der Waals surface area (Å²) in [6.45, 7) is 3.72. The van der Waals surface area contributed by atoms with Crippen LogP contribution >= 0.6 is 0 Å². The van der Waals surface area contributed by atoms with Gasteiger partial charge in [-0.05, 0) is 86.9 Å². The first-order chi connectivity index (χ1) is 16.5. The molecule has 2 aromatic rings. The molecule has 0 spiro atoms. The summed E-state index contributed by atoms with van der Waals surface area (Å²) < 4.78 is 5.43. The van der Waals surface area contributed by atoms with E-state index in [1.165, 1.54) is 24.0 Å². The Bertz CT molecular complexity index is 1020. The van der Waals surface area contributed by atoms with Gasteiger partial charge in [-0.1, -0.05) is 12.1 Å². The van der Waals surface area contributed by atoms with Crippen molar-refractivity contribution in [1.29, 1.82) is 0 Å². The van der Waals surface area contributed by atoms with Gasteiger partial charge < -0.3 is 15.0 Å². The molecule has 0 atom stereocenters. The molecule has 6 nitrogen and oxygen atoms in total. The first-order valence-electron chi connectivity index (χ1n) is 12.5. The zero-order valence-electron chi connectivity index (χ0n) is 20.0. The molecule has 1 fully saturated rings. The summed E-state index contributed by atoms with van der Waals surface area (Å²) in [6, 6.07) is 13.2. The smallest absolute Gasteiger partial charge is 0.253 e. The highest BCUT2D eigenvalue weighted by atomic mass is 16.5. The van der Waals surface area contributed by atoms with Crippen LogP contribution in [0.5, 0.6) is 5.75 Å². The van der Waals surface area contributed by atoms with E-state index in [1.807, 2.05) is 36.1 Å². The van der Waals surface area contributed by atoms with Gasteiger partial charge in [0.15, 0.2) is 5.78 Å². The molecule has 0 saturated carbocycles. The van der Waals surface area contributed by atoms with Crippen LogP contribution < -0.4 is 10.1 Å². The van der Waals surface area contributed by atoms with Crippen molar-refractivity contribution in [2.75, 3.05) is 19.7 Å². The van der Waals surface area contributed by atoms with Gasteiger partial charge in [-0.3, -0.25) is 14.4 Å². The van der Waals surface area contributed by atoms with Gasteiger partial charge in [0.1, 0.15) is 5.75 Å². The highest BCUT2D eigenvalue weighted by molar-refractivity contribution is 5.98. The molecule has 180 valence electrons. The monoisotopic (exact) mass is 462 g/mol. The number of ketones is 1. The number of carbonyl (C=O) groups excluding carboxylic acids is 3. The van der Waals surface area contributed by atoms with E-state index >= 15 is 0 Å². The summed E-state index contributed by atoms with van der Waals surface area (Å²) in [4.78, 5) is 39.6. The number of ether oxygens (including phenoxy) is 1. The molecule has 1 aliphatic carbocycles. The van der Waals surface area contributed by atoms with E-state index in [0.717, 1.165) is 24.2 Å². The Morgan fingerprint density at radius 2 is 1.59 bits per heavy atom. The molecule has 2 aromatic carbocycles. The van der Waals surface area contributed by atoms with Crippen LogP contribution in [0.3, 0.4) is 0 Å². The summed E-state index contributed by atoms with van der Waals surface area (Å²) >= 11 is 0. The molecule has 0 unspecified atom stereocenters. The van der Waals surface area contributed by atoms with Crippen LogP contribution in [-0.2, 0) is 17.6 Å². The van der Waals surface area contributed by atoms with Crippen molar-refractivity contribution in [2.24, 2.45) is 0 Å². The van der Waals surface area contributed by atoms with Crippen molar-refractivity contribution in [1.82, 2.24) is 10.2 Å². The lowest BCUT2D eigenvalue weighted by atomic mass is 9.89. The van der Waals surface area contributed by atoms with Gasteiger partial charge in [0.2, 0.25) is 5.91 Å². The minimum Gasteiger partial charge on any atom is -0.494 e. The molecule has 1 N–H and O–H groups in total. The normalized spacial score (nSPS) is 16.0. The van der Waals surface area contributed by atoms with Crippen molar-refractivity contribution in [3.63, 3.8) is 0 Å². The minimum atomic E-state index is -0.0948. The van der Waals surface area contributed by atoms with Gasteiger partial charge in [0, 0.05) is 43.1 Å². The summed E-state index contributed by atoms with van der Waals surface area (Å²) in [5.41, 5.74) is 4.00. The Labute approximate surface area is 201 Å². The quantitative estimate of drug-likeness (QED) is 0.592. The fourth-order valence-corrected chi connectivity index (χ4v) is 4.85. The number of Topliss-reactive ketones (excluding diaryl/α,β-unsaturated/α-hetero) is 1. The van der Waals surface area contributed by atoms with Gasteiger partial charge in [-0.15, -0.1) is 0 Å². The number of amides is 2. The van der Waals surface area contributed by atoms with Crippen LogP contribution in [0.15, 0.2) is 42.5 Å². The van der Waals surface area contributed by atoms with E-state index < -0.39 is 0 Å². The largest absolute Gasteiger partial charge is 0.494 e. The average molecular weight is 463 g/mol. The Hall–Kier alpha value is -3.15. The van der Waals surface area contributed by atoms with E-state index in [9.17, 15) is 14.4 Å². The molecule has 2 amide bonds. The number of aryl methyl sites for hydroxylation is 2. The number of hydrogen-bond acceptors (Lipinski definition) is 4. The summed E-state index contributed by atoms with van der Waals surface area (Å²) in [6.07, 6.45) is 6.38. The van der Waals surface area contributed by atoms with E-state index in [2.05, 4.69) is 11.4 Å². The molecule has 0 radical (unpaired) electrons. The number of carbonyl (C=O) groups is 3. The van der Waals surface area contributed by atoms with Crippen LogP contribution in [0, 0.1) is 0 Å². The van der Waals surface area contributed by atoms with Crippen molar-refractivity contribution < 1.29 is 19.1 Å². The molecule has 4 rings (SSSR count). The van der Waals surface area contributed by atoms with Gasteiger partial charge in [-0.25, -0.2) is 0 Å². The van der Waals surface area contributed by atoms with E-state index in [-0.39, 0.29) is 36.5 Å². The van der Waals surface area contributed by atoms with Crippen molar-refractivity contribution in [3.05, 3.63) is 64.7 Å². The third-order valence-electron chi connectivity index (χ3n) is 6.81. The molecule has 1 aliphatic heterocycles. The van der Waals surface area contributed by atoms with Gasteiger partial charge >= 0.3 is 0 Å². The highest BCUT2D eigenvalue weighted by Crippen LogP contribution is 2.23. The van der Waals surface area contributed by atoms with E-state index in [4.69, 9.17) is 4.74 Å². The van der Waals surface area contributed by atoms with Crippen LogP contribution in [0.25, 0.3) is 0 Å². The topological polar surface area (TPSA) is 75.7 Å². The van der Waals surface area contributed by atoms with Crippen LogP contribution in [-0.4, -0.2) is 48.2 Å². The van der Waals surface area contributed by atoms with Crippen LogP contribution in [0.1, 0.15) is 77.3 Å². The lowest BCUT2D eigenvalue weighted by Crippen LogP contribution is -2.46. The van der Waals surface area contributed by atoms with E-state index in [0.29, 0.717) is 38.1 Å². The standard InChI is InChI=1S/C28H34N2O4/c1-2-34-25-11-9-21(10-12-25)28(33)30-17-15-24(16-18-30)29-27(32)14-13-26(31)23-8-7-20-5-3-4-6-22(20)19-23/h7-12,19,24H,2-6,13-18H2,1H3,(H,29,32). The predicted molar refractivity (Wildman–Crippen MR) is 131 cm³/mol. The molecule has 1 saturated heterocycles. The Kier molecular flexibility index (Phi) is 7.99. The van der Waals surface area contributed by atoms with Crippen molar-refractivity contribution in [2.45, 2.75) is 64.3 Å². The number of rotatable bonds is 8. The van der Waals surface area contributed by atoms with Crippen molar-refractivity contribution in [3.8, 4) is 5.75 Å². The maximum absolute atomic E-state index is 12.8. The predicted octanol–water partition coefficient (Wildman–Crippen LogP) is 4.35. The number of nitrogens with one attached hydrogen (secondary N) is 1. The Morgan fingerprint density at radius 1 is 0.912 bits per heavy atom. The third kappa shape index (κ3) is 6.04. The van der Waals surface area contributed by atoms with Gasteiger partial charge in [-0.2, -0.15) is 0 Å². The summed E-state index contributed by atoms with van der Waals surface area (Å²) in [7, 11) is 0. The van der Waals surface area contributed by atoms with Gasteiger partial charge in [0.25, 0.3) is 5.91 Å². The Morgan fingerprint density at radius 3 is 2.29 bits per heavy atom. The molecule has 0 bridgehead atoms. The van der Waals surface area contributed by atoms with Crippen LogP contribution in [0.2, 0.25) is 0 Å². The Balaban J connectivity index is 1.20. The second-order valence-electron chi connectivity index (χ2n) is 9.21. The van der Waals surface area contributed by atoms with Gasteiger partial charge in [0.05, 0.1) is 6.61 Å². The first-order valence-corrected chi connectivity index (χ1v) is 12.5. The zero-order chi connectivity index (χ0) is 23.9. The summed E-state index contributed by atoms with van der Waals surface area (Å²) in [5.74, 6) is 0.691. The minimum absolute atomic E-state index is 0.00321. The maximum Gasteiger partial charge on any atom is 0.253 e. The maximum atomic E-state index is 12.8. The lowest BCUT2D eigenvalue weighted by molar-refractivity contribution is -0.122. The third-order valence-corrected chi connectivity index (χ3v) is 6.81. The lowest BCUT2D eigenvalue weighted by Gasteiger charge is -2.32. The fourth-order valence-electron chi connectivity index (χ4n) is 4.85. The average Bonchev–Trinajstić information content (AvgIpc) is 2.87. The molecule has 2 aliphatic rings. The zero-order valence-corrected chi connectivity index (χ0v) is 20.0. The number of fused-ring (bicyclic) bond motifs is 1. The summed E-state index contributed by atoms with van der Waals surface area (Å²) in [5, 5.41) is 3.05. The molecular weight excluding hydrogens is 428 g/mol. The number of nitrogens with zero attached hydrogens (tertiary/aromatic N) is 1. The second kappa shape index (κ2) is 11.3. The van der Waals surface area contributed by atoms with E-state index in [1.54, 1.807) is 12.1 Å². The molecule has 1 heterocycles. The van der Waals surface area contributed by atoms with Crippen molar-refractivity contribution >= 4 is 17.6 Å². The van der Waals surface area contributed by atoms with Crippen LogP contribution in [0.4, 0.5) is 0 Å². The second-order valence-corrected chi connectivity index (χ2v) is 9.21. The number of likely N-dealkylation sites (tertiary alicyclic amines) is 1. The number of hydrogen-bond donors (Lipinski definition) is 1. The highest BCUT2D eigenvalue weighted by Gasteiger charge is 2.25. The molecule has 34 heavy (non-hydrogen) atoms. The fraction of sp³-hybridized carbons (Fsp3) is 0.464. The SMILES string of the molecule is CCOc1ccc(C(=O)N2CCC(NC(=O)CCC(=O)c3ccc4c(c3)CCCC4)CC2)cc1. The molecule has 6 heteroatoms. The molecule has 0 aromatic heterocycles. The molecular formula is C28H34N2O4. The first kappa shape index (κ1) is 24.0. The number of piperidine rings is 1.